The summed E-state index contributed by atoms with van der Waals surface area (Å²) in [6.45, 7) is 7.10. The number of hydrogen-bond donors (Lipinski definition) is 2. The fraction of sp³-hybridized carbons (Fsp3) is 0.400. The quantitative estimate of drug-likeness (QED) is 0.708. The van der Waals surface area contributed by atoms with Crippen LogP contribution in [0.4, 0.5) is 10.8 Å². The number of amides is 1. The molecule has 8 heteroatoms. The maximum Gasteiger partial charge on any atom is 0.237 e. The molecule has 23 heavy (non-hydrogen) atoms. The maximum absolute atomic E-state index is 12.4. The molecular formula is C15H20N4O2S2. The summed E-state index contributed by atoms with van der Waals surface area (Å²) in [6, 6.07) is 7.41. The van der Waals surface area contributed by atoms with Crippen molar-refractivity contribution in [3.63, 3.8) is 0 Å². The van der Waals surface area contributed by atoms with Gasteiger partial charge in [0.05, 0.1) is 17.5 Å². The second-order valence-corrected chi connectivity index (χ2v) is 7.15. The summed E-state index contributed by atoms with van der Waals surface area (Å²) >= 11 is 2.83. The number of aromatic nitrogens is 2. The number of ether oxygens (including phenoxy) is 1. The van der Waals surface area contributed by atoms with Crippen molar-refractivity contribution in [2.24, 2.45) is 0 Å². The number of rotatable bonds is 8. The number of hydrogen-bond acceptors (Lipinski definition) is 7. The van der Waals surface area contributed by atoms with Crippen LogP contribution >= 0.6 is 23.1 Å². The van der Waals surface area contributed by atoms with Crippen LogP contribution in [-0.2, 0) is 4.79 Å². The van der Waals surface area contributed by atoms with Gasteiger partial charge in [-0.3, -0.25) is 4.79 Å². The monoisotopic (exact) mass is 352 g/mol. The smallest absolute Gasteiger partial charge is 0.237 e. The van der Waals surface area contributed by atoms with Crippen molar-refractivity contribution in [3.8, 4) is 5.75 Å². The first kappa shape index (κ1) is 17.6. The van der Waals surface area contributed by atoms with Gasteiger partial charge in [-0.25, -0.2) is 0 Å². The molecule has 0 aliphatic carbocycles. The molecule has 0 saturated carbocycles. The summed E-state index contributed by atoms with van der Waals surface area (Å²) in [5.41, 5.74) is 0.678. The van der Waals surface area contributed by atoms with Gasteiger partial charge in [0.15, 0.2) is 4.34 Å². The molecule has 1 aromatic heterocycles. The fourth-order valence-electron chi connectivity index (χ4n) is 1.77. The van der Waals surface area contributed by atoms with E-state index in [9.17, 15) is 4.79 Å². The average Bonchev–Trinajstić information content (AvgIpc) is 2.97. The highest BCUT2D eigenvalue weighted by molar-refractivity contribution is 8.02. The lowest BCUT2D eigenvalue weighted by molar-refractivity contribution is -0.115. The van der Waals surface area contributed by atoms with E-state index in [1.165, 1.54) is 23.1 Å². The van der Waals surface area contributed by atoms with E-state index >= 15 is 0 Å². The Labute approximate surface area is 144 Å². The minimum absolute atomic E-state index is 0.0950. The number of para-hydroxylation sites is 2. The normalized spacial score (nSPS) is 11.8. The molecule has 1 atom stereocenters. The van der Waals surface area contributed by atoms with Crippen molar-refractivity contribution in [1.29, 1.82) is 0 Å². The van der Waals surface area contributed by atoms with Gasteiger partial charge in [0.25, 0.3) is 0 Å². The molecule has 2 N–H and O–H groups in total. The highest BCUT2D eigenvalue weighted by Gasteiger charge is 2.18. The molecule has 1 unspecified atom stereocenters. The van der Waals surface area contributed by atoms with Crippen LogP contribution in [0, 0.1) is 0 Å². The van der Waals surface area contributed by atoms with Crippen LogP contribution in [0.3, 0.4) is 0 Å². The Morgan fingerprint density at radius 2 is 2.13 bits per heavy atom. The van der Waals surface area contributed by atoms with E-state index in [2.05, 4.69) is 20.8 Å². The molecule has 0 fully saturated rings. The molecule has 0 aliphatic heterocycles. The van der Waals surface area contributed by atoms with Crippen LogP contribution in [0.2, 0.25) is 0 Å². The summed E-state index contributed by atoms with van der Waals surface area (Å²) in [7, 11) is 0. The number of carbonyl (C=O) groups excluding carboxylic acids is 1. The number of nitrogens with one attached hydrogen (secondary N) is 2. The van der Waals surface area contributed by atoms with E-state index < -0.39 is 0 Å². The van der Waals surface area contributed by atoms with Crippen molar-refractivity contribution >= 4 is 39.8 Å². The van der Waals surface area contributed by atoms with Gasteiger partial charge >= 0.3 is 0 Å². The molecule has 0 saturated heterocycles. The summed E-state index contributed by atoms with van der Waals surface area (Å²) in [5.74, 6) is 0.577. The molecule has 1 amide bonds. The highest BCUT2D eigenvalue weighted by Crippen LogP contribution is 2.30. The SMILES string of the molecule is CCNc1nnc(SC(C)C(=O)Nc2ccccc2OCC)s1. The van der Waals surface area contributed by atoms with Crippen molar-refractivity contribution in [3.05, 3.63) is 24.3 Å². The van der Waals surface area contributed by atoms with Gasteiger partial charge in [0, 0.05) is 6.54 Å². The zero-order valence-corrected chi connectivity index (χ0v) is 15.0. The van der Waals surface area contributed by atoms with Gasteiger partial charge in [-0.15, -0.1) is 10.2 Å². The van der Waals surface area contributed by atoms with Crippen molar-refractivity contribution in [2.45, 2.75) is 30.4 Å². The topological polar surface area (TPSA) is 76.1 Å². The van der Waals surface area contributed by atoms with Gasteiger partial charge in [-0.05, 0) is 32.9 Å². The summed E-state index contributed by atoms with van der Waals surface area (Å²) in [6.07, 6.45) is 0. The van der Waals surface area contributed by atoms with E-state index in [-0.39, 0.29) is 11.2 Å². The van der Waals surface area contributed by atoms with Crippen LogP contribution in [0.5, 0.6) is 5.75 Å². The largest absolute Gasteiger partial charge is 0.492 e. The van der Waals surface area contributed by atoms with Gasteiger partial charge in [-0.1, -0.05) is 35.2 Å². The lowest BCUT2D eigenvalue weighted by atomic mass is 10.3. The Hall–Kier alpha value is -1.80. The van der Waals surface area contributed by atoms with Crippen LogP contribution < -0.4 is 15.4 Å². The highest BCUT2D eigenvalue weighted by atomic mass is 32.2. The first-order valence-electron chi connectivity index (χ1n) is 7.40. The van der Waals surface area contributed by atoms with Crippen molar-refractivity contribution in [1.82, 2.24) is 10.2 Å². The molecule has 124 valence electrons. The lowest BCUT2D eigenvalue weighted by Gasteiger charge is -2.13. The second kappa shape index (κ2) is 8.73. The molecule has 0 bridgehead atoms. The van der Waals surface area contributed by atoms with Gasteiger partial charge in [0.2, 0.25) is 11.0 Å². The number of benzene rings is 1. The Morgan fingerprint density at radius 3 is 2.87 bits per heavy atom. The molecule has 0 spiro atoms. The van der Waals surface area contributed by atoms with Gasteiger partial charge < -0.3 is 15.4 Å². The lowest BCUT2D eigenvalue weighted by Crippen LogP contribution is -2.22. The number of nitrogens with zero attached hydrogens (tertiary/aromatic N) is 2. The van der Waals surface area contributed by atoms with E-state index in [0.717, 1.165) is 16.0 Å². The molecular weight excluding hydrogens is 332 g/mol. The zero-order chi connectivity index (χ0) is 16.7. The summed E-state index contributed by atoms with van der Waals surface area (Å²) in [4.78, 5) is 12.4. The molecule has 1 heterocycles. The minimum Gasteiger partial charge on any atom is -0.492 e. The Bertz CT molecular complexity index is 648. The van der Waals surface area contributed by atoms with E-state index in [4.69, 9.17) is 4.74 Å². The zero-order valence-electron chi connectivity index (χ0n) is 13.3. The predicted octanol–water partition coefficient (Wildman–Crippen LogP) is 3.49. The number of carbonyl (C=O) groups is 1. The molecule has 2 aromatic rings. The first-order chi connectivity index (χ1) is 11.1. The number of thioether (sulfide) groups is 1. The predicted molar refractivity (Wildman–Crippen MR) is 95.6 cm³/mol. The molecule has 0 radical (unpaired) electrons. The van der Waals surface area contributed by atoms with E-state index in [0.29, 0.717) is 18.0 Å². The Kier molecular flexibility index (Phi) is 6.66. The second-order valence-electron chi connectivity index (χ2n) is 4.58. The third-order valence-corrected chi connectivity index (χ3v) is 4.89. The summed E-state index contributed by atoms with van der Waals surface area (Å²) in [5, 5.41) is 14.6. The molecule has 6 nitrogen and oxygen atoms in total. The molecule has 2 rings (SSSR count). The third kappa shape index (κ3) is 5.11. The average molecular weight is 352 g/mol. The van der Waals surface area contributed by atoms with E-state index in [1.807, 2.05) is 45.0 Å². The molecule has 1 aromatic carbocycles. The summed E-state index contributed by atoms with van der Waals surface area (Å²) < 4.78 is 6.28. The van der Waals surface area contributed by atoms with Gasteiger partial charge in [-0.2, -0.15) is 0 Å². The van der Waals surface area contributed by atoms with Crippen molar-refractivity contribution in [2.75, 3.05) is 23.8 Å². The van der Waals surface area contributed by atoms with Crippen molar-refractivity contribution < 1.29 is 9.53 Å². The Balaban J connectivity index is 1.97. The van der Waals surface area contributed by atoms with Gasteiger partial charge in [0.1, 0.15) is 5.75 Å². The van der Waals surface area contributed by atoms with E-state index in [1.54, 1.807) is 0 Å². The van der Waals surface area contributed by atoms with Crippen LogP contribution in [0.1, 0.15) is 20.8 Å². The minimum atomic E-state index is -0.285. The van der Waals surface area contributed by atoms with Crippen LogP contribution in [0.15, 0.2) is 28.6 Å². The molecule has 0 aliphatic rings. The van der Waals surface area contributed by atoms with Crippen LogP contribution in [0.25, 0.3) is 0 Å². The third-order valence-electron chi connectivity index (χ3n) is 2.83. The fourth-order valence-corrected chi connectivity index (χ4v) is 3.73. The Morgan fingerprint density at radius 1 is 1.35 bits per heavy atom. The number of anilines is 2. The van der Waals surface area contributed by atoms with Crippen LogP contribution in [-0.4, -0.2) is 34.5 Å². The maximum atomic E-state index is 12.4. The standard InChI is InChI=1S/C15H20N4O2S2/c1-4-16-14-18-19-15(23-14)22-10(3)13(20)17-11-8-6-7-9-12(11)21-5-2/h6-10H,4-5H2,1-3H3,(H,16,18)(H,17,20). The first-order valence-corrected chi connectivity index (χ1v) is 9.10.